The van der Waals surface area contributed by atoms with Crippen molar-refractivity contribution >= 4 is 17.4 Å². The van der Waals surface area contributed by atoms with Crippen LogP contribution in [0.5, 0.6) is 5.75 Å². The standard InChI is InChI=1S/C25H29NO5/c1-16(2)15-31-20-11-10-19(14-17(20)3)23(27)21-22(18-8-6-5-7-9-18)26(12-13-30-4)25(29)24(21)28/h5-11,14,16,22,27H,12-13,15H2,1-4H3/t22-/m1/s1. The summed E-state index contributed by atoms with van der Waals surface area (Å²) in [6.07, 6.45) is 0. The van der Waals surface area contributed by atoms with Crippen LogP contribution < -0.4 is 4.74 Å². The summed E-state index contributed by atoms with van der Waals surface area (Å²) in [6.45, 7) is 7.16. The van der Waals surface area contributed by atoms with Gasteiger partial charge in [0.1, 0.15) is 11.5 Å². The molecule has 0 aliphatic carbocycles. The van der Waals surface area contributed by atoms with Crippen molar-refractivity contribution in [3.8, 4) is 5.75 Å². The van der Waals surface area contributed by atoms with Gasteiger partial charge >= 0.3 is 0 Å². The molecule has 1 aliphatic rings. The Bertz CT molecular complexity index is 981. The summed E-state index contributed by atoms with van der Waals surface area (Å²) >= 11 is 0. The maximum Gasteiger partial charge on any atom is 0.295 e. The van der Waals surface area contributed by atoms with E-state index in [1.807, 2.05) is 37.3 Å². The molecule has 0 unspecified atom stereocenters. The Hall–Kier alpha value is -3.12. The van der Waals surface area contributed by atoms with Crippen LogP contribution in [0, 0.1) is 12.8 Å². The number of aryl methyl sites for hydroxylation is 1. The number of Topliss-reactive ketones (excluding diaryl/α,β-unsaturated/α-hetero) is 1. The van der Waals surface area contributed by atoms with Gasteiger partial charge in [0.2, 0.25) is 0 Å². The lowest BCUT2D eigenvalue weighted by Gasteiger charge is -2.25. The van der Waals surface area contributed by atoms with Crippen molar-refractivity contribution in [2.75, 3.05) is 26.9 Å². The molecular weight excluding hydrogens is 394 g/mol. The number of methoxy groups -OCH3 is 1. The molecule has 6 nitrogen and oxygen atoms in total. The summed E-state index contributed by atoms with van der Waals surface area (Å²) in [5, 5.41) is 11.1. The lowest BCUT2D eigenvalue weighted by molar-refractivity contribution is -0.140. The number of likely N-dealkylation sites (tertiary alicyclic amines) is 1. The number of ether oxygens (including phenoxy) is 2. The molecule has 31 heavy (non-hydrogen) atoms. The highest BCUT2D eigenvalue weighted by molar-refractivity contribution is 6.46. The predicted octanol–water partition coefficient (Wildman–Crippen LogP) is 4.10. The third-order valence-electron chi connectivity index (χ3n) is 5.21. The smallest absolute Gasteiger partial charge is 0.295 e. The second-order valence-electron chi connectivity index (χ2n) is 8.08. The van der Waals surface area contributed by atoms with E-state index >= 15 is 0 Å². The minimum absolute atomic E-state index is 0.0857. The molecule has 1 amide bonds. The number of hydrogen-bond acceptors (Lipinski definition) is 5. The van der Waals surface area contributed by atoms with E-state index < -0.39 is 17.7 Å². The quantitative estimate of drug-likeness (QED) is 0.393. The number of carbonyl (C=O) groups is 2. The topological polar surface area (TPSA) is 76.1 Å². The zero-order valence-electron chi connectivity index (χ0n) is 18.4. The van der Waals surface area contributed by atoms with Crippen molar-refractivity contribution < 1.29 is 24.2 Å². The van der Waals surface area contributed by atoms with E-state index in [0.717, 1.165) is 16.9 Å². The average molecular weight is 424 g/mol. The first-order valence-corrected chi connectivity index (χ1v) is 10.4. The Morgan fingerprint density at radius 2 is 1.84 bits per heavy atom. The number of aliphatic hydroxyl groups excluding tert-OH is 1. The lowest BCUT2D eigenvalue weighted by atomic mass is 9.95. The molecule has 1 fully saturated rings. The van der Waals surface area contributed by atoms with Gasteiger partial charge in [0.25, 0.3) is 11.7 Å². The minimum Gasteiger partial charge on any atom is -0.507 e. The number of ketones is 1. The minimum atomic E-state index is -0.694. The molecule has 0 aromatic heterocycles. The molecule has 0 radical (unpaired) electrons. The summed E-state index contributed by atoms with van der Waals surface area (Å²) in [6, 6.07) is 13.8. The van der Waals surface area contributed by atoms with Gasteiger partial charge in [-0.1, -0.05) is 44.2 Å². The first-order valence-electron chi connectivity index (χ1n) is 10.4. The van der Waals surface area contributed by atoms with Gasteiger partial charge in [-0.2, -0.15) is 0 Å². The Balaban J connectivity index is 2.05. The van der Waals surface area contributed by atoms with Crippen LogP contribution in [0.2, 0.25) is 0 Å². The Morgan fingerprint density at radius 3 is 2.45 bits per heavy atom. The van der Waals surface area contributed by atoms with Crippen LogP contribution in [0.15, 0.2) is 54.1 Å². The third kappa shape index (κ3) is 4.80. The van der Waals surface area contributed by atoms with Gasteiger partial charge in [-0.05, 0) is 42.2 Å². The SMILES string of the molecule is COCCN1C(=O)C(=O)C(=C(O)c2ccc(OCC(C)C)c(C)c2)[C@H]1c1ccccc1. The van der Waals surface area contributed by atoms with Crippen LogP contribution in [0.3, 0.4) is 0 Å². The van der Waals surface area contributed by atoms with Gasteiger partial charge in [-0.25, -0.2) is 0 Å². The van der Waals surface area contributed by atoms with E-state index in [1.165, 1.54) is 4.90 Å². The Labute approximate surface area is 183 Å². The monoisotopic (exact) mass is 423 g/mol. The molecular formula is C25H29NO5. The van der Waals surface area contributed by atoms with Gasteiger partial charge < -0.3 is 19.5 Å². The largest absolute Gasteiger partial charge is 0.507 e. The first kappa shape index (κ1) is 22.6. The molecule has 2 aromatic rings. The highest BCUT2D eigenvalue weighted by atomic mass is 16.5. The maximum absolute atomic E-state index is 12.9. The third-order valence-corrected chi connectivity index (χ3v) is 5.21. The van der Waals surface area contributed by atoms with Crippen LogP contribution in [0.1, 0.15) is 36.6 Å². The predicted molar refractivity (Wildman–Crippen MR) is 119 cm³/mol. The van der Waals surface area contributed by atoms with Crippen molar-refractivity contribution in [2.24, 2.45) is 5.92 Å². The normalized spacial score (nSPS) is 18.1. The van der Waals surface area contributed by atoms with Crippen LogP contribution in [-0.2, 0) is 14.3 Å². The molecule has 0 bridgehead atoms. The van der Waals surface area contributed by atoms with Crippen LogP contribution in [-0.4, -0.2) is 48.6 Å². The number of nitrogens with zero attached hydrogens (tertiary/aromatic N) is 1. The van der Waals surface area contributed by atoms with Crippen molar-refractivity contribution in [1.82, 2.24) is 4.90 Å². The molecule has 2 aromatic carbocycles. The second kappa shape index (κ2) is 9.79. The molecule has 1 heterocycles. The maximum atomic E-state index is 12.9. The average Bonchev–Trinajstić information content (AvgIpc) is 3.01. The van der Waals surface area contributed by atoms with Crippen molar-refractivity contribution in [1.29, 1.82) is 0 Å². The number of rotatable bonds is 8. The van der Waals surface area contributed by atoms with Crippen LogP contribution in [0.25, 0.3) is 5.76 Å². The lowest BCUT2D eigenvalue weighted by Crippen LogP contribution is -2.32. The highest BCUT2D eigenvalue weighted by Gasteiger charge is 2.45. The molecule has 6 heteroatoms. The fourth-order valence-corrected chi connectivity index (χ4v) is 3.65. The fourth-order valence-electron chi connectivity index (χ4n) is 3.65. The summed E-state index contributed by atoms with van der Waals surface area (Å²) in [5.41, 5.74) is 2.16. The molecule has 1 N–H and O–H groups in total. The van der Waals surface area contributed by atoms with Crippen LogP contribution in [0.4, 0.5) is 0 Å². The number of carbonyl (C=O) groups excluding carboxylic acids is 2. The van der Waals surface area contributed by atoms with E-state index in [-0.39, 0.29) is 24.5 Å². The van der Waals surface area contributed by atoms with Gasteiger partial charge in [0.05, 0.1) is 24.8 Å². The summed E-state index contributed by atoms with van der Waals surface area (Å²) in [7, 11) is 1.54. The molecule has 3 rings (SSSR count). The van der Waals surface area contributed by atoms with E-state index in [1.54, 1.807) is 25.3 Å². The number of aliphatic hydroxyl groups is 1. The zero-order chi connectivity index (χ0) is 22.5. The van der Waals surface area contributed by atoms with Crippen molar-refractivity contribution in [2.45, 2.75) is 26.8 Å². The fraction of sp³-hybridized carbons (Fsp3) is 0.360. The van der Waals surface area contributed by atoms with Crippen molar-refractivity contribution in [3.63, 3.8) is 0 Å². The number of benzene rings is 2. The second-order valence-corrected chi connectivity index (χ2v) is 8.08. The summed E-state index contributed by atoms with van der Waals surface area (Å²) in [5.74, 6) is -0.404. The number of hydrogen-bond donors (Lipinski definition) is 1. The molecule has 0 saturated carbocycles. The van der Waals surface area contributed by atoms with E-state index in [4.69, 9.17) is 9.47 Å². The molecule has 1 aliphatic heterocycles. The molecule has 1 saturated heterocycles. The summed E-state index contributed by atoms with van der Waals surface area (Å²) < 4.78 is 10.9. The molecule has 164 valence electrons. The van der Waals surface area contributed by atoms with Gasteiger partial charge in [0, 0.05) is 19.2 Å². The van der Waals surface area contributed by atoms with Gasteiger partial charge in [0.15, 0.2) is 0 Å². The Kier molecular flexibility index (Phi) is 7.13. The zero-order valence-corrected chi connectivity index (χ0v) is 18.4. The van der Waals surface area contributed by atoms with Gasteiger partial charge in [-0.15, -0.1) is 0 Å². The van der Waals surface area contributed by atoms with Gasteiger partial charge in [-0.3, -0.25) is 9.59 Å². The van der Waals surface area contributed by atoms with E-state index in [2.05, 4.69) is 13.8 Å². The first-order chi connectivity index (χ1) is 14.8. The summed E-state index contributed by atoms with van der Waals surface area (Å²) in [4.78, 5) is 27.2. The molecule has 1 atom stereocenters. The van der Waals surface area contributed by atoms with Crippen molar-refractivity contribution in [3.05, 3.63) is 70.8 Å². The van der Waals surface area contributed by atoms with E-state index in [9.17, 15) is 14.7 Å². The number of amides is 1. The van der Waals surface area contributed by atoms with E-state index in [0.29, 0.717) is 18.1 Å². The highest BCUT2D eigenvalue weighted by Crippen LogP contribution is 2.39. The Morgan fingerprint density at radius 1 is 1.13 bits per heavy atom. The van der Waals surface area contributed by atoms with Crippen LogP contribution >= 0.6 is 0 Å². The molecule has 0 spiro atoms.